The van der Waals surface area contributed by atoms with Crippen molar-refractivity contribution in [1.82, 2.24) is 9.88 Å². The van der Waals surface area contributed by atoms with E-state index in [1.54, 1.807) is 30.6 Å². The number of ether oxygens (including phenoxy) is 1. The van der Waals surface area contributed by atoms with E-state index in [0.717, 1.165) is 17.4 Å². The summed E-state index contributed by atoms with van der Waals surface area (Å²) >= 11 is 11.2. The number of halogens is 1. The molecule has 1 N–H and O–H groups in total. The lowest BCUT2D eigenvalue weighted by Gasteiger charge is -2.39. The zero-order valence-electron chi connectivity index (χ0n) is 20.1. The molecule has 184 valence electrons. The number of pyridine rings is 1. The second-order valence-corrected chi connectivity index (χ2v) is 9.48. The van der Waals surface area contributed by atoms with Crippen molar-refractivity contribution in [2.45, 2.75) is 31.3 Å². The summed E-state index contributed by atoms with van der Waals surface area (Å²) in [6, 6.07) is 16.7. The van der Waals surface area contributed by atoms with E-state index < -0.39 is 11.0 Å². The number of nitriles is 1. The van der Waals surface area contributed by atoms with Crippen molar-refractivity contribution in [3.05, 3.63) is 77.1 Å². The fourth-order valence-electron chi connectivity index (χ4n) is 3.63. The van der Waals surface area contributed by atoms with E-state index in [0.29, 0.717) is 47.2 Å². The molecule has 0 aliphatic rings. The molecule has 1 atom stereocenters. The summed E-state index contributed by atoms with van der Waals surface area (Å²) in [5.74, 6) is 3.11. The molecule has 36 heavy (non-hydrogen) atoms. The molecule has 1 aromatic heterocycles. The van der Waals surface area contributed by atoms with Crippen LogP contribution >= 0.6 is 24.2 Å². The number of carbonyl (C=O) groups is 1. The zero-order valence-corrected chi connectivity index (χ0v) is 21.8. The number of benzene rings is 2. The van der Waals surface area contributed by atoms with Crippen LogP contribution in [0.1, 0.15) is 31.4 Å². The highest BCUT2D eigenvalue weighted by Crippen LogP contribution is 2.30. The van der Waals surface area contributed by atoms with Crippen LogP contribution < -0.4 is 10.1 Å². The van der Waals surface area contributed by atoms with Crippen molar-refractivity contribution in [3.63, 3.8) is 0 Å². The second-order valence-electron chi connectivity index (χ2n) is 8.58. The summed E-state index contributed by atoms with van der Waals surface area (Å²) in [5.41, 5.74) is 2.34. The van der Waals surface area contributed by atoms with Gasteiger partial charge in [0.1, 0.15) is 23.6 Å². The van der Waals surface area contributed by atoms with E-state index in [9.17, 15) is 10.1 Å². The van der Waals surface area contributed by atoms with Crippen LogP contribution in [0.3, 0.4) is 0 Å². The molecule has 0 aliphatic carbocycles. The van der Waals surface area contributed by atoms with Gasteiger partial charge in [0.25, 0.3) is 0 Å². The van der Waals surface area contributed by atoms with Gasteiger partial charge in [-0.3, -0.25) is 9.88 Å². The van der Waals surface area contributed by atoms with Crippen LogP contribution in [0.2, 0.25) is 5.02 Å². The van der Waals surface area contributed by atoms with Gasteiger partial charge in [-0.05, 0) is 73.9 Å². The number of thiol groups is 1. The van der Waals surface area contributed by atoms with Crippen LogP contribution in [0.4, 0.5) is 5.69 Å². The lowest BCUT2D eigenvalue weighted by atomic mass is 10.1. The maximum atomic E-state index is 11.8. The van der Waals surface area contributed by atoms with Crippen molar-refractivity contribution in [2.75, 3.05) is 18.5 Å². The summed E-state index contributed by atoms with van der Waals surface area (Å²) in [4.78, 5) is 17.8. The average Bonchev–Trinajstić information content (AvgIpc) is 2.89. The molecule has 0 bridgehead atoms. The SMILES string of the molecule is C#Cc1cc(NC(S)N(CCCOc2ccc(-c3ccncc3)cc2Cl)C(C)(C)C=O)ccc1C#N. The third-order valence-corrected chi connectivity index (χ3v) is 6.36. The largest absolute Gasteiger partial charge is 0.492 e. The first-order chi connectivity index (χ1) is 17.3. The average molecular weight is 519 g/mol. The van der Waals surface area contributed by atoms with Gasteiger partial charge in [-0.1, -0.05) is 23.6 Å². The summed E-state index contributed by atoms with van der Waals surface area (Å²) < 4.78 is 5.92. The Morgan fingerprint density at radius 1 is 1.19 bits per heavy atom. The second kappa shape index (κ2) is 12.5. The standard InChI is InChI=1S/C28H27ClN4O2S/c1-4-20-16-24(8-6-23(20)18-30)32-27(36)33(28(2,3)19-34)14-5-15-35-26-9-7-22(17-25(26)29)21-10-12-31-13-11-21/h1,6-13,16-17,19,27,32,36H,5,14-15H2,2-3H3. The quantitative estimate of drug-likeness (QED) is 0.113. The van der Waals surface area contributed by atoms with Crippen LogP contribution in [0.25, 0.3) is 11.1 Å². The monoisotopic (exact) mass is 518 g/mol. The highest BCUT2D eigenvalue weighted by Gasteiger charge is 2.30. The number of anilines is 1. The first kappa shape index (κ1) is 27.1. The number of aromatic nitrogens is 1. The van der Waals surface area contributed by atoms with Crippen LogP contribution in [0.15, 0.2) is 60.9 Å². The molecular formula is C28H27ClN4O2S. The lowest BCUT2D eigenvalue weighted by Crippen LogP contribution is -2.52. The molecule has 0 saturated heterocycles. The molecule has 3 aromatic rings. The molecular weight excluding hydrogens is 492 g/mol. The van der Waals surface area contributed by atoms with Gasteiger partial charge in [-0.15, -0.1) is 19.1 Å². The van der Waals surface area contributed by atoms with E-state index in [4.69, 9.17) is 35.4 Å². The van der Waals surface area contributed by atoms with Crippen molar-refractivity contribution in [3.8, 4) is 35.3 Å². The minimum Gasteiger partial charge on any atom is -0.492 e. The zero-order chi connectivity index (χ0) is 26.1. The number of carbonyl (C=O) groups excluding carboxylic acids is 1. The molecule has 1 unspecified atom stereocenters. The van der Waals surface area contributed by atoms with Crippen LogP contribution in [-0.2, 0) is 4.79 Å². The summed E-state index contributed by atoms with van der Waals surface area (Å²) in [6.45, 7) is 4.58. The Hall–Kier alpha value is -3.49. The van der Waals surface area contributed by atoms with Gasteiger partial charge in [-0.2, -0.15) is 5.26 Å². The number of terminal acetylenes is 1. The normalized spacial score (nSPS) is 11.9. The number of aldehydes is 1. The first-order valence-corrected chi connectivity index (χ1v) is 12.2. The maximum absolute atomic E-state index is 11.8. The number of hydrogen-bond acceptors (Lipinski definition) is 7. The predicted molar refractivity (Wildman–Crippen MR) is 147 cm³/mol. The van der Waals surface area contributed by atoms with E-state index in [1.165, 1.54) is 0 Å². The highest BCUT2D eigenvalue weighted by atomic mass is 35.5. The van der Waals surface area contributed by atoms with E-state index in [-0.39, 0.29) is 0 Å². The van der Waals surface area contributed by atoms with Crippen molar-refractivity contribution in [1.29, 1.82) is 5.26 Å². The van der Waals surface area contributed by atoms with Gasteiger partial charge in [0.15, 0.2) is 0 Å². The first-order valence-electron chi connectivity index (χ1n) is 11.3. The van der Waals surface area contributed by atoms with Crippen molar-refractivity contribution < 1.29 is 9.53 Å². The van der Waals surface area contributed by atoms with Gasteiger partial charge in [0.05, 0.1) is 22.7 Å². The maximum Gasteiger partial charge on any atom is 0.139 e. The van der Waals surface area contributed by atoms with E-state index >= 15 is 0 Å². The number of nitrogens with one attached hydrogen (secondary N) is 1. The number of nitrogens with zero attached hydrogens (tertiary/aromatic N) is 3. The minimum absolute atomic E-state index is 0.401. The van der Waals surface area contributed by atoms with Crippen molar-refractivity contribution in [2.24, 2.45) is 0 Å². The third-order valence-electron chi connectivity index (χ3n) is 5.66. The van der Waals surface area contributed by atoms with E-state index in [1.807, 2.05) is 49.1 Å². The fourth-order valence-corrected chi connectivity index (χ4v) is 4.43. The third kappa shape index (κ3) is 6.80. The molecule has 0 saturated carbocycles. The lowest BCUT2D eigenvalue weighted by molar-refractivity contribution is -0.117. The topological polar surface area (TPSA) is 78.2 Å². The van der Waals surface area contributed by atoms with Gasteiger partial charge in [0, 0.05) is 30.2 Å². The highest BCUT2D eigenvalue weighted by molar-refractivity contribution is 7.81. The Morgan fingerprint density at radius 2 is 1.94 bits per heavy atom. The van der Waals surface area contributed by atoms with Crippen LogP contribution in [0, 0.1) is 23.7 Å². The van der Waals surface area contributed by atoms with Gasteiger partial charge in [-0.25, -0.2) is 0 Å². The molecule has 6 nitrogen and oxygen atoms in total. The van der Waals surface area contributed by atoms with E-state index in [2.05, 4.69) is 22.3 Å². The smallest absolute Gasteiger partial charge is 0.139 e. The molecule has 0 fully saturated rings. The minimum atomic E-state index is -0.787. The number of rotatable bonds is 11. The van der Waals surface area contributed by atoms with Gasteiger partial charge < -0.3 is 14.8 Å². The molecule has 8 heteroatoms. The summed E-state index contributed by atoms with van der Waals surface area (Å²) in [5, 5.41) is 13.0. The predicted octanol–water partition coefficient (Wildman–Crippen LogP) is 5.63. The summed E-state index contributed by atoms with van der Waals surface area (Å²) in [6.07, 6.45) is 10.5. The molecule has 0 aliphatic heterocycles. The fraction of sp³-hybridized carbons (Fsp3) is 0.250. The Bertz CT molecular complexity index is 1280. The molecule has 1 heterocycles. The van der Waals surface area contributed by atoms with Crippen LogP contribution in [0.5, 0.6) is 5.75 Å². The molecule has 2 aromatic carbocycles. The molecule has 0 amide bonds. The molecule has 3 rings (SSSR count). The Kier molecular flexibility index (Phi) is 9.38. The van der Waals surface area contributed by atoms with Gasteiger partial charge in [0.2, 0.25) is 0 Å². The Labute approximate surface area is 222 Å². The van der Waals surface area contributed by atoms with Gasteiger partial charge >= 0.3 is 0 Å². The Morgan fingerprint density at radius 3 is 2.58 bits per heavy atom. The molecule has 0 radical (unpaired) electrons. The Balaban J connectivity index is 1.63. The van der Waals surface area contributed by atoms with Crippen LogP contribution in [-0.4, -0.2) is 40.4 Å². The molecule has 0 spiro atoms. The van der Waals surface area contributed by atoms with Crippen molar-refractivity contribution >= 4 is 36.2 Å². The summed E-state index contributed by atoms with van der Waals surface area (Å²) in [7, 11) is 0. The number of hydrogen-bond donors (Lipinski definition) is 2.